The fourth-order valence-corrected chi connectivity index (χ4v) is 6.09. The van der Waals surface area contributed by atoms with Gasteiger partial charge in [0, 0.05) is 19.3 Å². The Bertz CT molecular complexity index is 968. The molecule has 0 aliphatic carbocycles. The van der Waals surface area contributed by atoms with Crippen LogP contribution in [0.2, 0.25) is 0 Å². The fraction of sp³-hybridized carbons (Fsp3) is 0.800. The van der Waals surface area contributed by atoms with Crippen LogP contribution < -0.4 is 5.11 Å². The van der Waals surface area contributed by atoms with Crippen LogP contribution in [0.1, 0.15) is 181 Å². The summed E-state index contributed by atoms with van der Waals surface area (Å²) < 4.78 is 17.1. The Morgan fingerprint density at radius 2 is 1.00 bits per heavy atom. The molecule has 0 aromatic rings. The van der Waals surface area contributed by atoms with Crippen LogP contribution in [-0.4, -0.2) is 75.5 Å². The van der Waals surface area contributed by atoms with Crippen LogP contribution in [0.3, 0.4) is 0 Å². The maximum atomic E-state index is 12.7. The number of carbonyl (C=O) groups is 3. The molecule has 0 saturated heterocycles. The molecule has 0 N–H and O–H groups in total. The Hall–Kier alpha value is -2.45. The van der Waals surface area contributed by atoms with Gasteiger partial charge in [0.25, 0.3) is 0 Å². The number of hydrogen-bond acceptors (Lipinski definition) is 7. The van der Waals surface area contributed by atoms with Gasteiger partial charge in [0.15, 0.2) is 6.10 Å². The van der Waals surface area contributed by atoms with E-state index in [1.54, 1.807) is 21.1 Å². The van der Waals surface area contributed by atoms with E-state index in [0.29, 0.717) is 12.8 Å². The van der Waals surface area contributed by atoms with Gasteiger partial charge in [-0.05, 0) is 70.6 Å². The summed E-state index contributed by atoms with van der Waals surface area (Å²) >= 11 is 0. The van der Waals surface area contributed by atoms with Gasteiger partial charge >= 0.3 is 11.9 Å². The van der Waals surface area contributed by atoms with Crippen molar-refractivity contribution >= 4 is 17.9 Å². The molecule has 0 saturated carbocycles. The van der Waals surface area contributed by atoms with E-state index in [1.165, 1.54) is 70.6 Å². The molecular weight excluding hydrogens is 666 g/mol. The summed E-state index contributed by atoms with van der Waals surface area (Å²) in [6.07, 6.45) is 40.2. The monoisotopic (exact) mass is 748 g/mol. The van der Waals surface area contributed by atoms with Crippen LogP contribution in [0.4, 0.5) is 0 Å². The van der Waals surface area contributed by atoms with E-state index in [0.717, 1.165) is 77.0 Å². The predicted octanol–water partition coefficient (Wildman–Crippen LogP) is 10.1. The summed E-state index contributed by atoms with van der Waals surface area (Å²) in [5.41, 5.74) is 0. The summed E-state index contributed by atoms with van der Waals surface area (Å²) in [6, 6.07) is -0.728. The van der Waals surface area contributed by atoms with Gasteiger partial charge in [0.1, 0.15) is 12.6 Å². The van der Waals surface area contributed by atoms with E-state index >= 15 is 0 Å². The van der Waals surface area contributed by atoms with Gasteiger partial charge in [-0.3, -0.25) is 9.59 Å². The van der Waals surface area contributed by atoms with Crippen molar-refractivity contribution in [3.05, 3.63) is 36.5 Å². The molecule has 0 aromatic heterocycles. The van der Waals surface area contributed by atoms with Crippen molar-refractivity contribution in [1.82, 2.24) is 0 Å². The van der Waals surface area contributed by atoms with E-state index in [2.05, 4.69) is 50.3 Å². The summed E-state index contributed by atoms with van der Waals surface area (Å²) in [7, 11) is 5.39. The minimum Gasteiger partial charge on any atom is -0.544 e. The standard InChI is InChI=1S/C45H81NO7/c1-6-8-10-12-14-16-18-20-21-22-24-26-28-30-32-34-36-44(48)53-41(39-51-38-37-42(45(49)50)46(3,4)5)40-52-43(47)35-33-31-29-27-25-23-19-17-15-13-11-9-7-2/h16-19,21-22,41-42H,6-15,20,23-40H2,1-5H3/b18-16-,19-17-,22-21-. The van der Waals surface area contributed by atoms with Crippen LogP contribution in [0.5, 0.6) is 0 Å². The van der Waals surface area contributed by atoms with Gasteiger partial charge in [-0.1, -0.05) is 127 Å². The number of rotatable bonds is 38. The van der Waals surface area contributed by atoms with E-state index in [4.69, 9.17) is 14.2 Å². The van der Waals surface area contributed by atoms with Crippen molar-refractivity contribution in [2.45, 2.75) is 193 Å². The highest BCUT2D eigenvalue weighted by atomic mass is 16.6. The average Bonchev–Trinajstić information content (AvgIpc) is 3.11. The number of carbonyl (C=O) groups excluding carboxylic acids is 3. The zero-order chi connectivity index (χ0) is 39.3. The molecule has 0 amide bonds. The summed E-state index contributed by atoms with van der Waals surface area (Å²) in [5.74, 6) is -1.76. The average molecular weight is 748 g/mol. The van der Waals surface area contributed by atoms with E-state index in [9.17, 15) is 19.5 Å². The van der Waals surface area contributed by atoms with Gasteiger partial charge in [-0.25, -0.2) is 0 Å². The van der Waals surface area contributed by atoms with Crippen molar-refractivity contribution in [1.29, 1.82) is 0 Å². The fourth-order valence-electron chi connectivity index (χ4n) is 6.09. The highest BCUT2D eigenvalue weighted by molar-refractivity contribution is 5.70. The third-order valence-corrected chi connectivity index (χ3v) is 9.50. The van der Waals surface area contributed by atoms with Gasteiger partial charge in [-0.2, -0.15) is 0 Å². The summed E-state index contributed by atoms with van der Waals surface area (Å²) in [4.78, 5) is 36.8. The second kappa shape index (κ2) is 36.5. The second-order valence-corrected chi connectivity index (χ2v) is 15.6. The zero-order valence-corrected chi connectivity index (χ0v) is 34.9. The number of quaternary nitrogens is 1. The topological polar surface area (TPSA) is 102 Å². The summed E-state index contributed by atoms with van der Waals surface area (Å²) in [6.45, 7) is 4.60. The largest absolute Gasteiger partial charge is 0.544 e. The number of unbranched alkanes of at least 4 members (excludes halogenated alkanes) is 18. The Labute approximate surface area is 325 Å². The van der Waals surface area contributed by atoms with Crippen molar-refractivity contribution in [3.8, 4) is 0 Å². The number of hydrogen-bond donors (Lipinski definition) is 0. The molecule has 0 aromatic carbocycles. The Morgan fingerprint density at radius 3 is 1.47 bits per heavy atom. The molecule has 0 aliphatic rings. The lowest BCUT2D eigenvalue weighted by Gasteiger charge is -2.34. The van der Waals surface area contributed by atoms with Crippen molar-refractivity contribution < 1.29 is 38.2 Å². The number of carboxylic acids is 1. The van der Waals surface area contributed by atoms with E-state index in [1.807, 2.05) is 0 Å². The smallest absolute Gasteiger partial charge is 0.306 e. The van der Waals surface area contributed by atoms with Crippen LogP contribution in [0, 0.1) is 0 Å². The number of nitrogens with zero attached hydrogens (tertiary/aromatic N) is 1. The van der Waals surface area contributed by atoms with E-state index in [-0.39, 0.29) is 42.7 Å². The number of likely N-dealkylation sites (N-methyl/N-ethyl adjacent to an activating group) is 1. The molecule has 0 radical (unpaired) electrons. The first-order valence-electron chi connectivity index (χ1n) is 21.5. The molecule has 8 heteroatoms. The second-order valence-electron chi connectivity index (χ2n) is 15.6. The lowest BCUT2D eigenvalue weighted by molar-refractivity contribution is -0.889. The SMILES string of the molecule is CCCCCC/C=C\C/C=C\CCCCCCCC(=O)OC(COCCC(C(=O)[O-])[N+](C)(C)C)COC(=O)CCCCCCC/C=C\CCCCCC. The first kappa shape index (κ1) is 50.5. The van der Waals surface area contributed by atoms with Crippen LogP contribution in [-0.2, 0) is 28.6 Å². The van der Waals surface area contributed by atoms with Crippen LogP contribution in [0.15, 0.2) is 36.5 Å². The van der Waals surface area contributed by atoms with Gasteiger partial charge in [0.05, 0.1) is 40.3 Å². The van der Waals surface area contributed by atoms with Crippen LogP contribution in [0.25, 0.3) is 0 Å². The molecule has 0 heterocycles. The number of ether oxygens (including phenoxy) is 3. The van der Waals surface area contributed by atoms with Crippen molar-refractivity contribution in [2.75, 3.05) is 41.0 Å². The lowest BCUT2D eigenvalue weighted by atomic mass is 10.1. The number of allylic oxidation sites excluding steroid dienone is 6. The van der Waals surface area contributed by atoms with Gasteiger partial charge < -0.3 is 28.6 Å². The molecule has 0 spiro atoms. The minimum absolute atomic E-state index is 0.0331. The Kier molecular flexibility index (Phi) is 34.8. The molecule has 308 valence electrons. The molecule has 0 bridgehead atoms. The summed E-state index contributed by atoms with van der Waals surface area (Å²) in [5, 5.41) is 11.6. The minimum atomic E-state index is -1.13. The van der Waals surface area contributed by atoms with Crippen molar-refractivity contribution in [2.24, 2.45) is 0 Å². The third kappa shape index (κ3) is 35.0. The lowest BCUT2D eigenvalue weighted by Crippen LogP contribution is -2.55. The van der Waals surface area contributed by atoms with Gasteiger partial charge in [-0.15, -0.1) is 0 Å². The van der Waals surface area contributed by atoms with Crippen molar-refractivity contribution in [3.63, 3.8) is 0 Å². The number of esters is 2. The predicted molar refractivity (Wildman–Crippen MR) is 217 cm³/mol. The molecule has 0 aliphatic heterocycles. The maximum absolute atomic E-state index is 12.7. The Balaban J connectivity index is 4.40. The maximum Gasteiger partial charge on any atom is 0.306 e. The van der Waals surface area contributed by atoms with Crippen LogP contribution >= 0.6 is 0 Å². The third-order valence-electron chi connectivity index (χ3n) is 9.50. The molecule has 0 rings (SSSR count). The first-order chi connectivity index (χ1) is 25.6. The molecule has 0 fully saturated rings. The number of carboxylic acid groups (broad SMARTS) is 1. The highest BCUT2D eigenvalue weighted by Crippen LogP contribution is 2.13. The normalized spacial score (nSPS) is 13.3. The molecule has 2 atom stereocenters. The van der Waals surface area contributed by atoms with E-state index < -0.39 is 18.1 Å². The highest BCUT2D eigenvalue weighted by Gasteiger charge is 2.25. The molecule has 53 heavy (non-hydrogen) atoms. The quantitative estimate of drug-likeness (QED) is 0.0268. The Morgan fingerprint density at radius 1 is 0.566 bits per heavy atom. The van der Waals surface area contributed by atoms with Gasteiger partial charge in [0.2, 0.25) is 0 Å². The molecule has 8 nitrogen and oxygen atoms in total. The molecule has 2 unspecified atom stereocenters. The molecular formula is C45H81NO7. The zero-order valence-electron chi connectivity index (χ0n) is 34.9. The first-order valence-corrected chi connectivity index (χ1v) is 21.5. The number of aliphatic carboxylic acids is 1.